The number of hydrogen-bond acceptors (Lipinski definition) is 4. The molecule has 0 unspecified atom stereocenters. The smallest absolute Gasteiger partial charge is 0.141 e. The number of rotatable bonds is 4. The molecule has 6 heteroatoms. The molecule has 0 bridgehead atoms. The van der Waals surface area contributed by atoms with Crippen molar-refractivity contribution in [2.45, 2.75) is 20.3 Å². The Morgan fingerprint density at radius 2 is 2.09 bits per heavy atom. The van der Waals surface area contributed by atoms with Gasteiger partial charge < -0.3 is 10.3 Å². The highest BCUT2D eigenvalue weighted by molar-refractivity contribution is 5.93. The summed E-state index contributed by atoms with van der Waals surface area (Å²) < 4.78 is 1.82. The molecule has 0 aliphatic rings. The van der Waals surface area contributed by atoms with Crippen molar-refractivity contribution in [3.05, 3.63) is 42.1 Å². The van der Waals surface area contributed by atoms with Gasteiger partial charge in [-0.3, -0.25) is 0 Å². The molecule has 0 fully saturated rings. The van der Waals surface area contributed by atoms with Crippen molar-refractivity contribution in [1.82, 2.24) is 25.0 Å². The van der Waals surface area contributed by atoms with E-state index in [1.807, 2.05) is 35.1 Å². The van der Waals surface area contributed by atoms with Crippen molar-refractivity contribution in [2.75, 3.05) is 11.9 Å². The zero-order valence-electron chi connectivity index (χ0n) is 13.2. The average Bonchev–Trinajstić information content (AvgIpc) is 3.19. The fourth-order valence-corrected chi connectivity index (χ4v) is 2.92. The highest BCUT2D eigenvalue weighted by Crippen LogP contribution is 2.29. The van der Waals surface area contributed by atoms with Gasteiger partial charge in [0, 0.05) is 18.1 Å². The van der Waals surface area contributed by atoms with E-state index in [0.717, 1.165) is 46.5 Å². The second-order valence-corrected chi connectivity index (χ2v) is 5.45. The van der Waals surface area contributed by atoms with Crippen molar-refractivity contribution in [1.29, 1.82) is 0 Å². The van der Waals surface area contributed by atoms with Gasteiger partial charge in [-0.2, -0.15) is 4.68 Å². The third kappa shape index (κ3) is 2.14. The van der Waals surface area contributed by atoms with E-state index in [2.05, 4.69) is 45.5 Å². The van der Waals surface area contributed by atoms with E-state index < -0.39 is 0 Å². The molecular formula is C17H18N6. The third-order valence-electron chi connectivity index (χ3n) is 4.04. The molecule has 2 N–H and O–H groups in total. The fourth-order valence-electron chi connectivity index (χ4n) is 2.92. The van der Waals surface area contributed by atoms with E-state index in [0.29, 0.717) is 0 Å². The van der Waals surface area contributed by atoms with E-state index >= 15 is 0 Å². The molecule has 0 radical (unpaired) electrons. The lowest BCUT2D eigenvalue weighted by Gasteiger charge is -2.09. The molecule has 0 aliphatic carbocycles. The predicted octanol–water partition coefficient (Wildman–Crippen LogP) is 3.29. The Morgan fingerprint density at radius 1 is 1.22 bits per heavy atom. The number of hydrogen-bond donors (Lipinski definition) is 2. The zero-order chi connectivity index (χ0) is 15.8. The van der Waals surface area contributed by atoms with Crippen LogP contribution in [0.15, 0.2) is 36.5 Å². The minimum atomic E-state index is 0.854. The molecule has 0 spiro atoms. The quantitative estimate of drug-likeness (QED) is 0.607. The minimum Gasteiger partial charge on any atom is -0.384 e. The number of nitrogens with zero attached hydrogens (tertiary/aromatic N) is 4. The summed E-state index contributed by atoms with van der Waals surface area (Å²) in [5.74, 6) is 0.869. The van der Waals surface area contributed by atoms with E-state index in [1.54, 1.807) is 0 Å². The highest BCUT2D eigenvalue weighted by atomic mass is 15.4. The molecule has 0 aliphatic heterocycles. The van der Waals surface area contributed by atoms with Crippen LogP contribution in [0, 0.1) is 0 Å². The van der Waals surface area contributed by atoms with Gasteiger partial charge in [0.05, 0.1) is 11.2 Å². The molecule has 3 aromatic heterocycles. The van der Waals surface area contributed by atoms with Crippen molar-refractivity contribution in [3.63, 3.8) is 0 Å². The van der Waals surface area contributed by atoms with Crippen LogP contribution >= 0.6 is 0 Å². The summed E-state index contributed by atoms with van der Waals surface area (Å²) in [4.78, 5) is 7.90. The zero-order valence-corrected chi connectivity index (χ0v) is 13.2. The molecule has 0 atom stereocenters. The van der Waals surface area contributed by atoms with Gasteiger partial charge in [0.25, 0.3) is 0 Å². The molecule has 6 nitrogen and oxygen atoms in total. The standard InChI is InChI=1S/C17H18N6/c1-3-11-10-19-17-12(16(11)18-4-2)9-15(20-17)23-14-8-6-5-7-13(14)21-22-23/h5-10H,3-4H2,1-2H3,(H2,18,19,20). The first-order valence-electron chi connectivity index (χ1n) is 7.87. The van der Waals surface area contributed by atoms with Gasteiger partial charge in [0.1, 0.15) is 17.0 Å². The van der Waals surface area contributed by atoms with Crippen LogP contribution in [0.5, 0.6) is 0 Å². The summed E-state index contributed by atoms with van der Waals surface area (Å²) >= 11 is 0. The number of para-hydroxylation sites is 1. The second kappa shape index (κ2) is 5.39. The topological polar surface area (TPSA) is 71.4 Å². The first-order chi connectivity index (χ1) is 11.3. The van der Waals surface area contributed by atoms with Crippen LogP contribution in [0.4, 0.5) is 5.69 Å². The summed E-state index contributed by atoms with van der Waals surface area (Å²) in [7, 11) is 0. The number of nitrogens with one attached hydrogen (secondary N) is 2. The maximum absolute atomic E-state index is 4.55. The van der Waals surface area contributed by atoms with Gasteiger partial charge in [-0.15, -0.1) is 5.10 Å². The Morgan fingerprint density at radius 3 is 2.91 bits per heavy atom. The second-order valence-electron chi connectivity index (χ2n) is 5.45. The predicted molar refractivity (Wildman–Crippen MR) is 92.1 cm³/mol. The van der Waals surface area contributed by atoms with Gasteiger partial charge in [-0.25, -0.2) is 4.98 Å². The molecule has 0 saturated carbocycles. The normalized spacial score (nSPS) is 11.4. The van der Waals surface area contributed by atoms with Crippen LogP contribution in [0.1, 0.15) is 19.4 Å². The lowest BCUT2D eigenvalue weighted by molar-refractivity contribution is 0.808. The summed E-state index contributed by atoms with van der Waals surface area (Å²) in [5, 5.41) is 13.0. The minimum absolute atomic E-state index is 0.854. The van der Waals surface area contributed by atoms with Crippen molar-refractivity contribution in [2.24, 2.45) is 0 Å². The third-order valence-corrected chi connectivity index (χ3v) is 4.04. The van der Waals surface area contributed by atoms with Crippen LogP contribution in [0.25, 0.3) is 27.9 Å². The van der Waals surface area contributed by atoms with E-state index in [-0.39, 0.29) is 0 Å². The fraction of sp³-hybridized carbons (Fsp3) is 0.235. The van der Waals surface area contributed by atoms with Crippen LogP contribution in [0.2, 0.25) is 0 Å². The molecule has 116 valence electrons. The molecule has 4 aromatic rings. The molecule has 0 saturated heterocycles. The van der Waals surface area contributed by atoms with Gasteiger partial charge in [0.15, 0.2) is 0 Å². The summed E-state index contributed by atoms with van der Waals surface area (Å²) in [6, 6.07) is 10.0. The van der Waals surface area contributed by atoms with Crippen molar-refractivity contribution in [3.8, 4) is 5.82 Å². The number of aromatic nitrogens is 5. The molecule has 0 amide bonds. The molecular weight excluding hydrogens is 288 g/mol. The number of aromatic amines is 1. The maximum atomic E-state index is 4.55. The van der Waals surface area contributed by atoms with Crippen molar-refractivity contribution >= 4 is 27.8 Å². The Kier molecular flexibility index (Phi) is 3.22. The lowest BCUT2D eigenvalue weighted by Crippen LogP contribution is -2.01. The van der Waals surface area contributed by atoms with Gasteiger partial charge in [-0.05, 0) is 37.1 Å². The molecule has 3 heterocycles. The number of benzene rings is 1. The van der Waals surface area contributed by atoms with E-state index in [9.17, 15) is 0 Å². The van der Waals surface area contributed by atoms with Crippen LogP contribution < -0.4 is 5.32 Å². The largest absolute Gasteiger partial charge is 0.384 e. The lowest BCUT2D eigenvalue weighted by atomic mass is 10.1. The SMILES string of the molecule is CCNc1c(CC)cnc2[nH]c(-n3nnc4ccccc43)cc12. The van der Waals surface area contributed by atoms with Gasteiger partial charge in [0.2, 0.25) is 0 Å². The Labute approximate surface area is 133 Å². The number of H-pyrrole nitrogens is 1. The summed E-state index contributed by atoms with van der Waals surface area (Å²) in [6.45, 7) is 5.12. The Balaban J connectivity index is 1.93. The monoisotopic (exact) mass is 306 g/mol. The number of pyridine rings is 1. The van der Waals surface area contributed by atoms with Crippen LogP contribution in [-0.2, 0) is 6.42 Å². The average molecular weight is 306 g/mol. The summed E-state index contributed by atoms with van der Waals surface area (Å²) in [6.07, 6.45) is 2.87. The number of aryl methyl sites for hydroxylation is 1. The van der Waals surface area contributed by atoms with Gasteiger partial charge >= 0.3 is 0 Å². The van der Waals surface area contributed by atoms with E-state index in [1.165, 1.54) is 5.56 Å². The van der Waals surface area contributed by atoms with Crippen molar-refractivity contribution < 1.29 is 0 Å². The van der Waals surface area contributed by atoms with Gasteiger partial charge in [-0.1, -0.05) is 24.3 Å². The first kappa shape index (κ1) is 13.8. The summed E-state index contributed by atoms with van der Waals surface area (Å²) in [5.41, 5.74) is 5.06. The first-order valence-corrected chi connectivity index (χ1v) is 7.87. The van der Waals surface area contributed by atoms with Crippen LogP contribution in [-0.4, -0.2) is 31.5 Å². The number of fused-ring (bicyclic) bond motifs is 2. The van der Waals surface area contributed by atoms with Crippen LogP contribution in [0.3, 0.4) is 0 Å². The Bertz CT molecular complexity index is 981. The highest BCUT2D eigenvalue weighted by Gasteiger charge is 2.13. The molecule has 4 rings (SSSR count). The Hall–Kier alpha value is -2.89. The molecule has 23 heavy (non-hydrogen) atoms. The number of anilines is 1. The van der Waals surface area contributed by atoms with E-state index in [4.69, 9.17) is 0 Å². The maximum Gasteiger partial charge on any atom is 0.141 e. The molecule has 1 aromatic carbocycles.